The van der Waals surface area contributed by atoms with Crippen LogP contribution in [0.4, 0.5) is 0 Å². The number of allylic oxidation sites excluding steroid dienone is 1. The number of esters is 1. The van der Waals surface area contributed by atoms with E-state index in [4.69, 9.17) is 23.7 Å². The molecule has 1 spiro atoms. The molecule has 3 aliphatic carbocycles. The van der Waals surface area contributed by atoms with Gasteiger partial charge in [-0.05, 0) is 6.92 Å². The number of ether oxygens (including phenoxy) is 5. The van der Waals surface area contributed by atoms with E-state index in [0.29, 0.717) is 0 Å². The van der Waals surface area contributed by atoms with Gasteiger partial charge in [0, 0.05) is 30.8 Å². The van der Waals surface area contributed by atoms with Crippen LogP contribution in [0.5, 0.6) is 0 Å². The summed E-state index contributed by atoms with van der Waals surface area (Å²) in [6.07, 6.45) is -9.05. The van der Waals surface area contributed by atoms with E-state index in [1.54, 1.807) is 0 Å². The van der Waals surface area contributed by atoms with Crippen LogP contribution in [0, 0.1) is 23.7 Å². The zero-order valence-corrected chi connectivity index (χ0v) is 19.0. The lowest BCUT2D eigenvalue weighted by molar-refractivity contribution is -0.365. The highest BCUT2D eigenvalue weighted by Crippen LogP contribution is 2.63. The molecular formula is C24H22O12. The number of Topliss-reactive ketones (excluding diaryl/α,β-unsaturated/α-hetero) is 1. The predicted octanol–water partition coefficient (Wildman–Crippen LogP) is -3.44. The number of aliphatic hydroxyl groups is 5. The van der Waals surface area contributed by atoms with Crippen LogP contribution in [0.15, 0.2) is 23.0 Å². The van der Waals surface area contributed by atoms with Gasteiger partial charge >= 0.3 is 5.97 Å². The number of carbonyl (C=O) groups is 2. The highest BCUT2D eigenvalue weighted by Gasteiger charge is 2.86. The van der Waals surface area contributed by atoms with Crippen molar-refractivity contribution in [3.8, 4) is 23.7 Å². The van der Waals surface area contributed by atoms with Gasteiger partial charge in [0.05, 0.1) is 0 Å². The van der Waals surface area contributed by atoms with Crippen molar-refractivity contribution in [2.45, 2.75) is 72.6 Å². The van der Waals surface area contributed by atoms with Crippen LogP contribution < -0.4 is 0 Å². The summed E-state index contributed by atoms with van der Waals surface area (Å²) in [5.41, 5.74) is -6.96. The number of hydrogen-bond donors (Lipinski definition) is 5. The third-order valence-corrected chi connectivity index (χ3v) is 7.77. The third kappa shape index (κ3) is 2.48. The smallest absolute Gasteiger partial charge is 0.339 e. The normalized spacial score (nSPS) is 50.2. The van der Waals surface area contributed by atoms with E-state index in [0.717, 1.165) is 7.11 Å². The third-order valence-electron chi connectivity index (χ3n) is 7.77. The Morgan fingerprint density at radius 1 is 1.17 bits per heavy atom. The highest BCUT2D eigenvalue weighted by molar-refractivity contribution is 6.09. The molecule has 3 fully saturated rings. The molecule has 36 heavy (non-hydrogen) atoms. The number of rotatable bonds is 1. The summed E-state index contributed by atoms with van der Waals surface area (Å²) in [5.74, 6) is 5.36. The minimum absolute atomic E-state index is 0.0683. The zero-order valence-electron chi connectivity index (χ0n) is 19.0. The summed E-state index contributed by atoms with van der Waals surface area (Å²) in [4.78, 5) is 26.5. The SMILES string of the molecule is CO[C@H]1C(=O)OC[C@H](O)C2=CC#C[C@@H](O)[C@]34OC5=C(C)C(=O)[C@]16O[C@H]6[C@]5(O)O[C@@]3(C#C2)[C@H](O)C[C@H]4O. The molecule has 0 unspecified atom stereocenters. The molecule has 3 heterocycles. The van der Waals surface area contributed by atoms with Gasteiger partial charge in [-0.3, -0.25) is 4.79 Å². The van der Waals surface area contributed by atoms with Gasteiger partial charge in [0.2, 0.25) is 11.2 Å². The summed E-state index contributed by atoms with van der Waals surface area (Å²) < 4.78 is 28.3. The fourth-order valence-corrected chi connectivity index (χ4v) is 5.93. The van der Waals surface area contributed by atoms with Gasteiger partial charge in [-0.1, -0.05) is 23.7 Å². The Kier molecular flexibility index (Phi) is 4.70. The van der Waals surface area contributed by atoms with Crippen LogP contribution in [0.3, 0.4) is 0 Å². The molecule has 5 N–H and O–H groups in total. The molecule has 190 valence electrons. The lowest BCUT2D eigenvalue weighted by Crippen LogP contribution is -2.75. The summed E-state index contributed by atoms with van der Waals surface area (Å²) in [5, 5.41) is 55.9. The number of aliphatic hydroxyl groups excluding tert-OH is 4. The van der Waals surface area contributed by atoms with E-state index in [9.17, 15) is 35.1 Å². The van der Waals surface area contributed by atoms with E-state index < -0.39 is 89.8 Å². The molecule has 0 radical (unpaired) electrons. The van der Waals surface area contributed by atoms with Crippen LogP contribution >= 0.6 is 0 Å². The topological polar surface area (TPSA) is 185 Å². The summed E-state index contributed by atoms with van der Waals surface area (Å²) in [6, 6.07) is 0. The second-order valence-corrected chi connectivity index (χ2v) is 9.57. The molecule has 1 saturated carbocycles. The Morgan fingerprint density at radius 3 is 2.64 bits per heavy atom. The van der Waals surface area contributed by atoms with Crippen molar-refractivity contribution in [3.63, 3.8) is 0 Å². The average Bonchev–Trinajstić information content (AvgIpc) is 3.54. The predicted molar refractivity (Wildman–Crippen MR) is 112 cm³/mol. The molecule has 3 aliphatic heterocycles. The van der Waals surface area contributed by atoms with Gasteiger partial charge in [0.15, 0.2) is 35.5 Å². The molecule has 0 aromatic carbocycles. The molecule has 4 bridgehead atoms. The van der Waals surface area contributed by atoms with E-state index in [1.165, 1.54) is 13.0 Å². The van der Waals surface area contributed by atoms with E-state index in [1.807, 2.05) is 0 Å². The summed E-state index contributed by atoms with van der Waals surface area (Å²) in [7, 11) is 1.14. The van der Waals surface area contributed by atoms with Crippen LogP contribution in [-0.2, 0) is 33.3 Å². The van der Waals surface area contributed by atoms with Crippen molar-refractivity contribution >= 4 is 11.8 Å². The van der Waals surface area contributed by atoms with Crippen molar-refractivity contribution in [1.82, 2.24) is 0 Å². The molecule has 12 heteroatoms. The Balaban J connectivity index is 1.68. The quantitative estimate of drug-likeness (QED) is 0.136. The summed E-state index contributed by atoms with van der Waals surface area (Å²) in [6.45, 7) is 0.675. The molecule has 6 rings (SSSR count). The number of methoxy groups -OCH3 is 1. The van der Waals surface area contributed by atoms with Crippen LogP contribution in [0.25, 0.3) is 0 Å². The van der Waals surface area contributed by atoms with Gasteiger partial charge in [-0.2, -0.15) is 0 Å². The maximum absolute atomic E-state index is 13.5. The van der Waals surface area contributed by atoms with Crippen molar-refractivity contribution in [2.75, 3.05) is 13.7 Å². The molecule has 0 aromatic rings. The Bertz CT molecular complexity index is 1280. The Labute approximate surface area is 204 Å². The van der Waals surface area contributed by atoms with Gasteiger partial charge in [-0.15, -0.1) is 0 Å². The fourth-order valence-electron chi connectivity index (χ4n) is 5.93. The fraction of sp³-hybridized carbons (Fsp3) is 0.583. The zero-order chi connectivity index (χ0) is 25.8. The number of epoxide rings is 1. The lowest BCUT2D eigenvalue weighted by atomic mass is 9.73. The van der Waals surface area contributed by atoms with Crippen molar-refractivity contribution < 1.29 is 58.8 Å². The van der Waals surface area contributed by atoms with Gasteiger partial charge in [0.1, 0.15) is 24.9 Å². The van der Waals surface area contributed by atoms with Crippen molar-refractivity contribution in [3.05, 3.63) is 23.0 Å². The highest BCUT2D eigenvalue weighted by atomic mass is 16.8. The molecule has 2 saturated heterocycles. The van der Waals surface area contributed by atoms with Gasteiger partial charge in [0.25, 0.3) is 5.79 Å². The van der Waals surface area contributed by atoms with Crippen LogP contribution in [0.1, 0.15) is 13.3 Å². The van der Waals surface area contributed by atoms with Crippen LogP contribution in [0.2, 0.25) is 0 Å². The number of hydrogen-bond acceptors (Lipinski definition) is 12. The number of ketones is 1. The molecule has 12 nitrogen and oxygen atoms in total. The molecule has 10 atom stereocenters. The molecular weight excluding hydrogens is 480 g/mol. The first kappa shape index (κ1) is 23.6. The van der Waals surface area contributed by atoms with Gasteiger partial charge in [-0.25, -0.2) is 4.79 Å². The first-order valence-electron chi connectivity index (χ1n) is 11.2. The summed E-state index contributed by atoms with van der Waals surface area (Å²) >= 11 is 0. The monoisotopic (exact) mass is 502 g/mol. The maximum Gasteiger partial charge on any atom is 0.339 e. The van der Waals surface area contributed by atoms with Gasteiger partial charge < -0.3 is 49.2 Å². The second kappa shape index (κ2) is 7.16. The van der Waals surface area contributed by atoms with Crippen molar-refractivity contribution in [2.24, 2.45) is 0 Å². The first-order valence-corrected chi connectivity index (χ1v) is 11.2. The number of fused-ring (bicyclic) bond motifs is 1. The average molecular weight is 502 g/mol. The standard InChI is InChI=1S/C24H22O12/c1-10-16(29)22-18(32-2)19(30)33-9-12(25)11-4-3-5-13(26)23-15(28)8-14(27)21(23,7-6-11)36-24(31,17(10)34-23)20(22)35-22/h4,12-15,18,20,25-28,31H,8-9H2,1-2H3/t12-,13+,14+,15+,18-,20+,21-,22-,23+,24+/m0/s1. The molecule has 0 amide bonds. The second-order valence-electron chi connectivity index (χ2n) is 9.57. The van der Waals surface area contributed by atoms with E-state index >= 15 is 0 Å². The molecule has 6 aliphatic rings. The molecule has 0 aromatic heterocycles. The number of cyclic esters (lactones) is 1. The van der Waals surface area contributed by atoms with Crippen molar-refractivity contribution in [1.29, 1.82) is 0 Å². The Morgan fingerprint density at radius 2 is 1.92 bits per heavy atom. The lowest BCUT2D eigenvalue weighted by Gasteiger charge is -2.55. The van der Waals surface area contributed by atoms with E-state index in [2.05, 4.69) is 23.7 Å². The first-order chi connectivity index (χ1) is 17.0. The van der Waals surface area contributed by atoms with Crippen LogP contribution in [-0.4, -0.2) is 110 Å². The maximum atomic E-state index is 13.5. The minimum atomic E-state index is -2.60. The Hall–Kier alpha value is -2.78. The van der Waals surface area contributed by atoms with E-state index in [-0.39, 0.29) is 11.1 Å². The minimum Gasteiger partial charge on any atom is -0.475 e. The largest absolute Gasteiger partial charge is 0.475 e. The number of carbonyl (C=O) groups excluding carboxylic acids is 2.